The summed E-state index contributed by atoms with van der Waals surface area (Å²) in [6, 6.07) is 16.8. The second-order valence-corrected chi connectivity index (χ2v) is 6.02. The lowest BCUT2D eigenvalue weighted by atomic mass is 10.0. The number of rotatable bonds is 7. The van der Waals surface area contributed by atoms with Gasteiger partial charge < -0.3 is 17.1 Å². The van der Waals surface area contributed by atoms with Gasteiger partial charge in [-0.1, -0.05) is 36.9 Å². The zero-order valence-corrected chi connectivity index (χ0v) is 15.2. The number of carbonyl (C=O) groups excluding carboxylic acids is 2. The van der Waals surface area contributed by atoms with Crippen molar-refractivity contribution in [3.63, 3.8) is 0 Å². The van der Waals surface area contributed by atoms with E-state index in [4.69, 9.17) is 4.74 Å². The van der Waals surface area contributed by atoms with Gasteiger partial charge in [0.05, 0.1) is 14.1 Å². The van der Waals surface area contributed by atoms with Gasteiger partial charge in [0.15, 0.2) is 5.78 Å². The Labute approximate surface area is 154 Å². The highest BCUT2D eigenvalue weighted by atomic mass is 35.5. The number of likely N-dealkylation sites (N-methyl/N-ethyl adjacent to an activating group) is 1. The molecule has 25 heavy (non-hydrogen) atoms. The maximum absolute atomic E-state index is 12.4. The van der Waals surface area contributed by atoms with Gasteiger partial charge >= 0.3 is 5.97 Å². The van der Waals surface area contributed by atoms with Crippen LogP contribution < -0.4 is 16.9 Å². The predicted octanol–water partition coefficient (Wildman–Crippen LogP) is 0.218. The van der Waals surface area contributed by atoms with E-state index in [2.05, 4.69) is 6.58 Å². The highest BCUT2D eigenvalue weighted by Gasteiger charge is 2.20. The Morgan fingerprint density at radius 3 is 2.12 bits per heavy atom. The normalized spacial score (nSPS) is 10.5. The standard InChI is InChI=1S/C20H22NO3.ClH/c1-4-19(22)24-15-14-21(2,3)18-12-10-17(11-13-18)20(23)16-8-6-5-7-9-16;/h4-13H,1,14-15H2,2-3H3;1H/q+1;/p-1. The van der Waals surface area contributed by atoms with Crippen LogP contribution in [-0.2, 0) is 9.53 Å². The van der Waals surface area contributed by atoms with Crippen LogP contribution >= 0.6 is 0 Å². The largest absolute Gasteiger partial charge is 1.00 e. The summed E-state index contributed by atoms with van der Waals surface area (Å²) in [5.74, 6) is -0.411. The smallest absolute Gasteiger partial charge is 0.330 e. The third-order valence-corrected chi connectivity index (χ3v) is 3.93. The molecule has 0 aliphatic carbocycles. The van der Waals surface area contributed by atoms with Gasteiger partial charge in [-0.25, -0.2) is 4.79 Å². The van der Waals surface area contributed by atoms with Gasteiger partial charge in [-0.15, -0.1) is 0 Å². The molecule has 0 saturated heterocycles. The number of benzene rings is 2. The number of hydrogen-bond acceptors (Lipinski definition) is 3. The number of hydrogen-bond donors (Lipinski definition) is 0. The predicted molar refractivity (Wildman–Crippen MR) is 96.0 cm³/mol. The van der Waals surface area contributed by atoms with E-state index >= 15 is 0 Å². The van der Waals surface area contributed by atoms with Crippen LogP contribution in [0.5, 0.6) is 0 Å². The highest BCUT2D eigenvalue weighted by molar-refractivity contribution is 6.09. The van der Waals surface area contributed by atoms with Gasteiger partial charge in [0.25, 0.3) is 0 Å². The van der Waals surface area contributed by atoms with Crippen molar-refractivity contribution in [3.8, 4) is 0 Å². The van der Waals surface area contributed by atoms with Gasteiger partial charge in [-0.3, -0.25) is 9.28 Å². The Bertz CT molecular complexity index is 724. The molecule has 2 aromatic rings. The van der Waals surface area contributed by atoms with E-state index in [0.29, 0.717) is 28.8 Å². The average Bonchev–Trinajstić information content (AvgIpc) is 2.61. The summed E-state index contributed by atoms with van der Waals surface area (Å²) in [5.41, 5.74) is 2.37. The average molecular weight is 360 g/mol. The molecule has 0 aromatic heterocycles. The van der Waals surface area contributed by atoms with Crippen LogP contribution in [0.1, 0.15) is 15.9 Å². The Hall–Kier alpha value is -2.43. The van der Waals surface area contributed by atoms with Crippen LogP contribution in [0, 0.1) is 0 Å². The number of halogens is 1. The summed E-state index contributed by atoms with van der Waals surface area (Å²) in [6.45, 7) is 4.31. The summed E-state index contributed by atoms with van der Waals surface area (Å²) in [4.78, 5) is 23.5. The van der Waals surface area contributed by atoms with Crippen LogP contribution in [0.3, 0.4) is 0 Å². The van der Waals surface area contributed by atoms with Crippen molar-refractivity contribution in [1.82, 2.24) is 4.48 Å². The molecule has 0 atom stereocenters. The molecule has 0 saturated carbocycles. The molecule has 2 rings (SSSR count). The first-order valence-corrected chi connectivity index (χ1v) is 7.76. The van der Waals surface area contributed by atoms with Crippen LogP contribution in [-0.4, -0.2) is 39.0 Å². The number of quaternary nitrogens is 1. The summed E-state index contributed by atoms with van der Waals surface area (Å²) in [5, 5.41) is 0. The third-order valence-electron chi connectivity index (χ3n) is 3.93. The van der Waals surface area contributed by atoms with Crippen LogP contribution in [0.15, 0.2) is 67.3 Å². The van der Waals surface area contributed by atoms with Gasteiger partial charge in [-0.05, 0) is 24.3 Å². The fourth-order valence-electron chi connectivity index (χ4n) is 2.34. The fraction of sp³-hybridized carbons (Fsp3) is 0.200. The van der Waals surface area contributed by atoms with Crippen molar-refractivity contribution in [2.45, 2.75) is 0 Å². The summed E-state index contributed by atoms with van der Waals surface area (Å²) < 4.78 is 5.59. The lowest BCUT2D eigenvalue weighted by Gasteiger charge is -2.29. The zero-order valence-electron chi connectivity index (χ0n) is 14.4. The van der Waals surface area contributed by atoms with Crippen molar-refractivity contribution in [2.24, 2.45) is 0 Å². The molecule has 0 unspecified atom stereocenters. The second-order valence-electron chi connectivity index (χ2n) is 6.02. The molecule has 0 radical (unpaired) electrons. The molecule has 0 fully saturated rings. The summed E-state index contributed by atoms with van der Waals surface area (Å²) in [6.07, 6.45) is 1.16. The van der Waals surface area contributed by atoms with E-state index in [1.54, 1.807) is 0 Å². The lowest BCUT2D eigenvalue weighted by molar-refractivity contribution is -0.137. The molecule has 0 heterocycles. The van der Waals surface area contributed by atoms with Crippen molar-refractivity contribution in [1.29, 1.82) is 0 Å². The summed E-state index contributed by atoms with van der Waals surface area (Å²) >= 11 is 0. The van der Waals surface area contributed by atoms with E-state index in [1.807, 2.05) is 68.7 Å². The van der Waals surface area contributed by atoms with E-state index in [-0.39, 0.29) is 18.2 Å². The van der Waals surface area contributed by atoms with Crippen LogP contribution in [0.2, 0.25) is 0 Å². The molecule has 0 spiro atoms. The van der Waals surface area contributed by atoms with Crippen LogP contribution in [0.25, 0.3) is 0 Å². The Balaban J connectivity index is 0.00000312. The maximum atomic E-state index is 12.4. The molecular weight excluding hydrogens is 338 g/mol. The van der Waals surface area contributed by atoms with E-state index < -0.39 is 5.97 Å². The van der Waals surface area contributed by atoms with Gasteiger partial charge in [-0.2, -0.15) is 0 Å². The lowest BCUT2D eigenvalue weighted by Crippen LogP contribution is -3.00. The van der Waals surface area contributed by atoms with E-state index in [0.717, 1.165) is 11.8 Å². The molecule has 2 aromatic carbocycles. The number of carbonyl (C=O) groups is 2. The minimum absolute atomic E-state index is 0. The first kappa shape index (κ1) is 20.6. The second kappa shape index (κ2) is 9.16. The molecule has 0 aliphatic heterocycles. The third kappa shape index (κ3) is 5.55. The summed E-state index contributed by atoms with van der Waals surface area (Å²) in [7, 11) is 4.05. The molecular formula is C20H22ClNO3. The van der Waals surface area contributed by atoms with Crippen LogP contribution in [0.4, 0.5) is 5.69 Å². The monoisotopic (exact) mass is 359 g/mol. The number of ketones is 1. The van der Waals surface area contributed by atoms with Gasteiger partial charge in [0, 0.05) is 17.2 Å². The van der Waals surface area contributed by atoms with E-state index in [9.17, 15) is 9.59 Å². The molecule has 4 nitrogen and oxygen atoms in total. The Morgan fingerprint density at radius 2 is 1.56 bits per heavy atom. The number of esters is 1. The fourth-order valence-corrected chi connectivity index (χ4v) is 2.34. The highest BCUT2D eigenvalue weighted by Crippen LogP contribution is 2.20. The van der Waals surface area contributed by atoms with Crippen molar-refractivity contribution in [2.75, 3.05) is 27.2 Å². The Kier molecular flexibility index (Phi) is 7.55. The number of nitrogens with zero attached hydrogens (tertiary/aromatic N) is 1. The number of ether oxygens (including phenoxy) is 1. The molecule has 0 N–H and O–H groups in total. The zero-order chi connectivity index (χ0) is 17.6. The van der Waals surface area contributed by atoms with Crippen molar-refractivity contribution >= 4 is 17.4 Å². The quantitative estimate of drug-likeness (QED) is 0.307. The molecule has 0 aliphatic rings. The molecule has 5 heteroatoms. The minimum atomic E-state index is -0.418. The maximum Gasteiger partial charge on any atom is 0.330 e. The first-order chi connectivity index (χ1) is 11.4. The Morgan fingerprint density at radius 1 is 1.00 bits per heavy atom. The molecule has 0 bridgehead atoms. The SMILES string of the molecule is C=CC(=O)OCC[N+](C)(C)c1ccc(C(=O)c2ccccc2)cc1.[Cl-]. The molecule has 132 valence electrons. The van der Waals surface area contributed by atoms with E-state index in [1.165, 1.54) is 0 Å². The topological polar surface area (TPSA) is 43.4 Å². The first-order valence-electron chi connectivity index (χ1n) is 7.76. The van der Waals surface area contributed by atoms with Gasteiger partial charge in [0.2, 0.25) is 0 Å². The molecule has 0 amide bonds. The minimum Gasteiger partial charge on any atom is -1.00 e. The van der Waals surface area contributed by atoms with Crippen molar-refractivity contribution < 1.29 is 26.7 Å². The van der Waals surface area contributed by atoms with Crippen molar-refractivity contribution in [3.05, 3.63) is 78.4 Å². The van der Waals surface area contributed by atoms with Gasteiger partial charge in [0.1, 0.15) is 18.8 Å².